The Morgan fingerprint density at radius 2 is 1.86 bits per heavy atom. The van der Waals surface area contributed by atoms with Crippen LogP contribution in [0.5, 0.6) is 0 Å². The molecule has 21 heavy (non-hydrogen) atoms. The molecule has 4 rings (SSSR count). The fourth-order valence-corrected chi connectivity index (χ4v) is 4.23. The van der Waals surface area contributed by atoms with Crippen molar-refractivity contribution in [3.63, 3.8) is 0 Å². The lowest BCUT2D eigenvalue weighted by molar-refractivity contribution is 0.126. The van der Waals surface area contributed by atoms with E-state index < -0.39 is 0 Å². The van der Waals surface area contributed by atoms with Gasteiger partial charge in [-0.3, -0.25) is 0 Å². The Bertz CT molecular complexity index is 518. The van der Waals surface area contributed by atoms with Crippen LogP contribution in [-0.4, -0.2) is 29.3 Å². The van der Waals surface area contributed by atoms with Crippen molar-refractivity contribution in [2.24, 2.45) is 0 Å². The third kappa shape index (κ3) is 2.79. The fourth-order valence-electron chi connectivity index (χ4n) is 4.03. The predicted octanol–water partition coefficient (Wildman–Crippen LogP) is 3.08. The first-order valence-electron chi connectivity index (χ1n) is 8.19. The maximum Gasteiger partial charge on any atom is 0.0579 e. The molecule has 2 saturated heterocycles. The molecule has 2 unspecified atom stereocenters. The molecule has 4 heteroatoms. The molecule has 0 amide bonds. The maximum atomic E-state index is 9.99. The average molecular weight is 307 g/mol. The largest absolute Gasteiger partial charge is 0.393 e. The number of anilines is 1. The summed E-state index contributed by atoms with van der Waals surface area (Å²) in [5.41, 5.74) is 2.63. The van der Waals surface area contributed by atoms with E-state index in [-0.39, 0.29) is 6.10 Å². The molecule has 1 saturated carbocycles. The monoisotopic (exact) mass is 306 g/mol. The molecule has 2 atom stereocenters. The highest BCUT2D eigenvalue weighted by molar-refractivity contribution is 6.30. The highest BCUT2D eigenvalue weighted by Gasteiger charge is 2.40. The summed E-state index contributed by atoms with van der Waals surface area (Å²) < 4.78 is 0. The van der Waals surface area contributed by atoms with E-state index in [1.54, 1.807) is 0 Å². The van der Waals surface area contributed by atoms with Crippen molar-refractivity contribution in [1.29, 1.82) is 0 Å². The van der Waals surface area contributed by atoms with E-state index in [2.05, 4.69) is 22.3 Å². The number of hydrogen-bond donors (Lipinski definition) is 2. The second-order valence-corrected chi connectivity index (χ2v) is 7.28. The molecule has 1 aromatic carbocycles. The van der Waals surface area contributed by atoms with Gasteiger partial charge in [0.05, 0.1) is 6.10 Å². The summed E-state index contributed by atoms with van der Waals surface area (Å²) >= 11 is 6.21. The number of aliphatic hydroxyl groups excluding tert-OH is 1. The van der Waals surface area contributed by atoms with Crippen LogP contribution in [0.1, 0.15) is 44.1 Å². The van der Waals surface area contributed by atoms with Gasteiger partial charge in [0.2, 0.25) is 0 Å². The fraction of sp³-hybridized carbons (Fsp3) is 0.647. The summed E-state index contributed by atoms with van der Waals surface area (Å²) in [6, 6.07) is 7.99. The van der Waals surface area contributed by atoms with Crippen molar-refractivity contribution in [2.45, 2.75) is 69.3 Å². The second-order valence-electron chi connectivity index (χ2n) is 6.85. The zero-order chi connectivity index (χ0) is 14.4. The van der Waals surface area contributed by atoms with Gasteiger partial charge in [0, 0.05) is 35.4 Å². The van der Waals surface area contributed by atoms with E-state index in [1.165, 1.54) is 36.9 Å². The zero-order valence-electron chi connectivity index (χ0n) is 12.3. The third-order valence-corrected chi connectivity index (χ3v) is 5.42. The highest BCUT2D eigenvalue weighted by atomic mass is 35.5. The highest BCUT2D eigenvalue weighted by Crippen LogP contribution is 2.41. The van der Waals surface area contributed by atoms with E-state index in [0.717, 1.165) is 24.4 Å². The number of nitrogens with one attached hydrogen (secondary N) is 1. The van der Waals surface area contributed by atoms with Gasteiger partial charge >= 0.3 is 0 Å². The summed E-state index contributed by atoms with van der Waals surface area (Å²) in [6.45, 7) is 0.902. The van der Waals surface area contributed by atoms with Crippen molar-refractivity contribution in [1.82, 2.24) is 5.32 Å². The Balaban J connectivity index is 1.61. The van der Waals surface area contributed by atoms with E-state index in [1.807, 2.05) is 6.07 Å². The molecule has 3 aliphatic rings. The normalized spacial score (nSPS) is 31.7. The van der Waals surface area contributed by atoms with Crippen molar-refractivity contribution in [2.75, 3.05) is 4.90 Å². The van der Waals surface area contributed by atoms with Crippen LogP contribution in [0.2, 0.25) is 5.02 Å². The van der Waals surface area contributed by atoms with Crippen LogP contribution in [0, 0.1) is 0 Å². The van der Waals surface area contributed by atoms with Gasteiger partial charge < -0.3 is 15.3 Å². The minimum atomic E-state index is -0.112. The molecule has 0 radical (unpaired) electrons. The molecule has 2 heterocycles. The van der Waals surface area contributed by atoms with Crippen molar-refractivity contribution >= 4 is 17.3 Å². The van der Waals surface area contributed by atoms with Gasteiger partial charge in [0.1, 0.15) is 0 Å². The number of halogens is 1. The first-order valence-corrected chi connectivity index (χ1v) is 8.56. The van der Waals surface area contributed by atoms with E-state index in [4.69, 9.17) is 11.6 Å². The molecule has 114 valence electrons. The zero-order valence-corrected chi connectivity index (χ0v) is 13.0. The predicted molar refractivity (Wildman–Crippen MR) is 85.8 cm³/mol. The molecule has 2 bridgehead atoms. The topological polar surface area (TPSA) is 35.5 Å². The molecule has 0 aromatic heterocycles. The van der Waals surface area contributed by atoms with Crippen molar-refractivity contribution in [3.05, 3.63) is 28.8 Å². The first kappa shape index (κ1) is 13.9. The van der Waals surface area contributed by atoms with Crippen LogP contribution < -0.4 is 10.2 Å². The molecule has 1 aliphatic carbocycles. The summed E-state index contributed by atoms with van der Waals surface area (Å²) in [4.78, 5) is 2.56. The van der Waals surface area contributed by atoms with Gasteiger partial charge in [-0.15, -0.1) is 0 Å². The third-order valence-electron chi connectivity index (χ3n) is 5.19. The number of benzene rings is 1. The number of hydrogen-bond acceptors (Lipinski definition) is 3. The van der Waals surface area contributed by atoms with Crippen LogP contribution in [0.4, 0.5) is 5.69 Å². The lowest BCUT2D eigenvalue weighted by atomic mass is 9.97. The average Bonchev–Trinajstić information content (AvgIpc) is 3.23. The van der Waals surface area contributed by atoms with Crippen molar-refractivity contribution in [3.8, 4) is 0 Å². The summed E-state index contributed by atoms with van der Waals surface area (Å²) in [5, 5.41) is 14.4. The summed E-state index contributed by atoms with van der Waals surface area (Å²) in [5.74, 6) is 0. The second kappa shape index (κ2) is 5.45. The standard InChI is InChI=1S/C17H23ClN2O/c18-12-1-6-17(11(7-12)10-19-13-2-3-13)20-14-4-5-15(20)9-16(21)8-14/h1,6-7,13-16,19,21H,2-5,8-10H2. The van der Waals surface area contributed by atoms with Gasteiger partial charge in [0.25, 0.3) is 0 Å². The Kier molecular flexibility index (Phi) is 3.60. The van der Waals surface area contributed by atoms with Crippen LogP contribution in [0.3, 0.4) is 0 Å². The molecule has 2 N–H and O–H groups in total. The van der Waals surface area contributed by atoms with Gasteiger partial charge in [-0.1, -0.05) is 11.6 Å². The Morgan fingerprint density at radius 3 is 2.52 bits per heavy atom. The SMILES string of the molecule is OC1CC2CCC(C1)N2c1ccc(Cl)cc1CNC1CC1. The minimum Gasteiger partial charge on any atom is -0.393 e. The maximum absolute atomic E-state index is 9.99. The van der Waals surface area contributed by atoms with E-state index in [9.17, 15) is 5.11 Å². The molecule has 2 aliphatic heterocycles. The van der Waals surface area contributed by atoms with Crippen LogP contribution >= 0.6 is 11.6 Å². The number of rotatable bonds is 4. The van der Waals surface area contributed by atoms with E-state index >= 15 is 0 Å². The van der Waals surface area contributed by atoms with Crippen LogP contribution in [0.15, 0.2) is 18.2 Å². The van der Waals surface area contributed by atoms with E-state index in [0.29, 0.717) is 18.1 Å². The van der Waals surface area contributed by atoms with Crippen LogP contribution in [-0.2, 0) is 6.54 Å². The minimum absolute atomic E-state index is 0.112. The quantitative estimate of drug-likeness (QED) is 0.897. The van der Waals surface area contributed by atoms with Gasteiger partial charge in [-0.2, -0.15) is 0 Å². The number of nitrogens with zero attached hydrogens (tertiary/aromatic N) is 1. The Labute approximate surface area is 131 Å². The molecular weight excluding hydrogens is 284 g/mol. The molecule has 1 aromatic rings. The molecule has 3 fully saturated rings. The summed E-state index contributed by atoms with van der Waals surface area (Å²) in [7, 11) is 0. The van der Waals surface area contributed by atoms with Gasteiger partial charge in [0.15, 0.2) is 0 Å². The molecular formula is C17H23ClN2O. The van der Waals surface area contributed by atoms with Gasteiger partial charge in [-0.25, -0.2) is 0 Å². The summed E-state index contributed by atoms with van der Waals surface area (Å²) in [6.07, 6.45) is 6.73. The molecule has 0 spiro atoms. The Morgan fingerprint density at radius 1 is 1.14 bits per heavy atom. The first-order chi connectivity index (χ1) is 10.2. The number of piperidine rings is 1. The lowest BCUT2D eigenvalue weighted by Crippen LogP contribution is -2.45. The Hall–Kier alpha value is -0.770. The lowest BCUT2D eigenvalue weighted by Gasteiger charge is -2.40. The smallest absolute Gasteiger partial charge is 0.0579 e. The van der Waals surface area contributed by atoms with Gasteiger partial charge in [-0.05, 0) is 62.3 Å². The van der Waals surface area contributed by atoms with Crippen molar-refractivity contribution < 1.29 is 5.11 Å². The number of fused-ring (bicyclic) bond motifs is 2. The molecule has 3 nitrogen and oxygen atoms in total. The number of aliphatic hydroxyl groups is 1. The van der Waals surface area contributed by atoms with Crippen LogP contribution in [0.25, 0.3) is 0 Å².